The van der Waals surface area contributed by atoms with Crippen molar-refractivity contribution >= 4 is 0 Å². The zero-order chi connectivity index (χ0) is 11.6. The fourth-order valence-electron chi connectivity index (χ4n) is 1.22. The number of benzene rings is 1. The van der Waals surface area contributed by atoms with Gasteiger partial charge in [-0.2, -0.15) is 0 Å². The molecule has 3 nitrogen and oxygen atoms in total. The van der Waals surface area contributed by atoms with Crippen molar-refractivity contribution in [3.05, 3.63) is 30.3 Å². The van der Waals surface area contributed by atoms with Crippen LogP contribution < -0.4 is 4.74 Å². The van der Waals surface area contributed by atoms with Crippen molar-refractivity contribution in [1.82, 2.24) is 0 Å². The topological polar surface area (TPSA) is 38.7 Å². The molecule has 0 bridgehead atoms. The largest absolute Gasteiger partial charge is 0.491 e. The molecule has 0 aliphatic rings. The molecule has 1 aromatic carbocycles. The third-order valence-corrected chi connectivity index (χ3v) is 2.14. The van der Waals surface area contributed by atoms with E-state index in [0.717, 1.165) is 18.6 Å². The SMILES string of the molecule is CCCCOC[C@H](O)COc1ccccc1. The van der Waals surface area contributed by atoms with E-state index in [2.05, 4.69) is 6.92 Å². The van der Waals surface area contributed by atoms with Crippen molar-refractivity contribution in [3.63, 3.8) is 0 Å². The van der Waals surface area contributed by atoms with Gasteiger partial charge < -0.3 is 14.6 Å². The summed E-state index contributed by atoms with van der Waals surface area (Å²) in [7, 11) is 0. The van der Waals surface area contributed by atoms with Crippen LogP contribution in [-0.2, 0) is 4.74 Å². The van der Waals surface area contributed by atoms with Crippen LogP contribution in [-0.4, -0.2) is 31.0 Å². The second-order valence-electron chi connectivity index (χ2n) is 3.71. The standard InChI is InChI=1S/C13H20O3/c1-2-3-9-15-10-12(14)11-16-13-7-5-4-6-8-13/h4-8,12,14H,2-3,9-11H2,1H3/t12-/m0/s1. The molecule has 0 heterocycles. The molecular weight excluding hydrogens is 204 g/mol. The molecule has 0 radical (unpaired) electrons. The van der Waals surface area contributed by atoms with Crippen LogP contribution in [0.15, 0.2) is 30.3 Å². The normalized spacial score (nSPS) is 12.4. The van der Waals surface area contributed by atoms with E-state index in [1.165, 1.54) is 0 Å². The Balaban J connectivity index is 2.08. The number of rotatable bonds is 8. The smallest absolute Gasteiger partial charge is 0.119 e. The van der Waals surface area contributed by atoms with Crippen molar-refractivity contribution in [2.45, 2.75) is 25.9 Å². The van der Waals surface area contributed by atoms with Crippen LogP contribution in [0.3, 0.4) is 0 Å². The van der Waals surface area contributed by atoms with E-state index in [9.17, 15) is 5.11 Å². The molecule has 0 saturated heterocycles. The molecule has 0 unspecified atom stereocenters. The molecule has 1 N–H and O–H groups in total. The van der Waals surface area contributed by atoms with Crippen molar-refractivity contribution in [2.75, 3.05) is 19.8 Å². The number of hydrogen-bond acceptors (Lipinski definition) is 3. The number of para-hydroxylation sites is 1. The molecule has 0 aromatic heterocycles. The van der Waals surface area contributed by atoms with Gasteiger partial charge in [0.05, 0.1) is 6.61 Å². The second-order valence-corrected chi connectivity index (χ2v) is 3.71. The summed E-state index contributed by atoms with van der Waals surface area (Å²) in [5.74, 6) is 0.773. The Bertz CT molecular complexity index is 261. The summed E-state index contributed by atoms with van der Waals surface area (Å²) in [5.41, 5.74) is 0. The summed E-state index contributed by atoms with van der Waals surface area (Å²) >= 11 is 0. The highest BCUT2D eigenvalue weighted by atomic mass is 16.5. The van der Waals surface area contributed by atoms with Crippen LogP contribution in [0.2, 0.25) is 0 Å². The average molecular weight is 224 g/mol. The maximum Gasteiger partial charge on any atom is 0.119 e. The Morgan fingerprint density at radius 3 is 2.62 bits per heavy atom. The van der Waals surface area contributed by atoms with Crippen LogP contribution in [0.25, 0.3) is 0 Å². The van der Waals surface area contributed by atoms with Gasteiger partial charge in [-0.1, -0.05) is 31.5 Å². The lowest BCUT2D eigenvalue weighted by atomic mass is 10.3. The van der Waals surface area contributed by atoms with Gasteiger partial charge in [0.25, 0.3) is 0 Å². The zero-order valence-electron chi connectivity index (χ0n) is 9.76. The van der Waals surface area contributed by atoms with Gasteiger partial charge in [-0.3, -0.25) is 0 Å². The quantitative estimate of drug-likeness (QED) is 0.688. The van der Waals surface area contributed by atoms with Crippen LogP contribution >= 0.6 is 0 Å². The average Bonchev–Trinajstić information content (AvgIpc) is 2.33. The van der Waals surface area contributed by atoms with Gasteiger partial charge in [-0.15, -0.1) is 0 Å². The molecular formula is C13H20O3. The van der Waals surface area contributed by atoms with Crippen LogP contribution in [0.1, 0.15) is 19.8 Å². The number of ether oxygens (including phenoxy) is 2. The molecule has 0 aliphatic heterocycles. The molecule has 1 aromatic rings. The maximum atomic E-state index is 9.56. The fraction of sp³-hybridized carbons (Fsp3) is 0.538. The predicted molar refractivity (Wildman–Crippen MR) is 63.7 cm³/mol. The van der Waals surface area contributed by atoms with Gasteiger partial charge in [0.15, 0.2) is 0 Å². The molecule has 1 atom stereocenters. The molecule has 0 aliphatic carbocycles. The minimum absolute atomic E-state index is 0.274. The summed E-state index contributed by atoms with van der Waals surface area (Å²) < 4.78 is 10.7. The molecule has 1 rings (SSSR count). The molecule has 0 fully saturated rings. The minimum atomic E-state index is -0.558. The summed E-state index contributed by atoms with van der Waals surface area (Å²) in [5, 5.41) is 9.56. The first-order chi connectivity index (χ1) is 7.83. The summed E-state index contributed by atoms with van der Waals surface area (Å²) in [4.78, 5) is 0. The lowest BCUT2D eigenvalue weighted by Gasteiger charge is -2.12. The van der Waals surface area contributed by atoms with Crippen molar-refractivity contribution < 1.29 is 14.6 Å². The van der Waals surface area contributed by atoms with Crippen LogP contribution in [0.5, 0.6) is 5.75 Å². The number of aliphatic hydroxyl groups excluding tert-OH is 1. The van der Waals surface area contributed by atoms with Crippen LogP contribution in [0.4, 0.5) is 0 Å². The predicted octanol–water partition coefficient (Wildman–Crippen LogP) is 2.24. The van der Waals surface area contributed by atoms with Crippen LogP contribution in [0, 0.1) is 0 Å². The van der Waals surface area contributed by atoms with E-state index in [0.29, 0.717) is 13.2 Å². The highest BCUT2D eigenvalue weighted by molar-refractivity contribution is 5.20. The van der Waals surface area contributed by atoms with E-state index in [-0.39, 0.29) is 6.61 Å². The third-order valence-electron chi connectivity index (χ3n) is 2.14. The molecule has 3 heteroatoms. The minimum Gasteiger partial charge on any atom is -0.491 e. The van der Waals surface area contributed by atoms with E-state index < -0.39 is 6.10 Å². The molecule has 0 amide bonds. The highest BCUT2D eigenvalue weighted by Gasteiger charge is 2.04. The Hall–Kier alpha value is -1.06. The lowest BCUT2D eigenvalue weighted by molar-refractivity contribution is 0.0113. The Morgan fingerprint density at radius 2 is 1.94 bits per heavy atom. The summed E-state index contributed by atoms with van der Waals surface area (Å²) in [6, 6.07) is 9.46. The first-order valence-corrected chi connectivity index (χ1v) is 5.76. The number of unbranched alkanes of at least 4 members (excludes halogenated alkanes) is 1. The highest BCUT2D eigenvalue weighted by Crippen LogP contribution is 2.08. The van der Waals surface area contributed by atoms with Gasteiger partial charge in [-0.05, 0) is 18.6 Å². The Labute approximate surface area is 97.0 Å². The third kappa shape index (κ3) is 5.73. The van der Waals surface area contributed by atoms with Gasteiger partial charge >= 0.3 is 0 Å². The Kier molecular flexibility index (Phi) is 6.61. The van der Waals surface area contributed by atoms with Crippen molar-refractivity contribution in [1.29, 1.82) is 0 Å². The number of aliphatic hydroxyl groups is 1. The maximum absolute atomic E-state index is 9.56. The first kappa shape index (κ1) is 13.0. The zero-order valence-corrected chi connectivity index (χ0v) is 9.76. The summed E-state index contributed by atoms with van der Waals surface area (Å²) in [6.45, 7) is 3.43. The van der Waals surface area contributed by atoms with E-state index in [1.54, 1.807) is 0 Å². The molecule has 90 valence electrons. The monoisotopic (exact) mass is 224 g/mol. The van der Waals surface area contributed by atoms with Gasteiger partial charge in [0.2, 0.25) is 0 Å². The van der Waals surface area contributed by atoms with E-state index in [1.807, 2.05) is 30.3 Å². The van der Waals surface area contributed by atoms with Gasteiger partial charge in [-0.25, -0.2) is 0 Å². The van der Waals surface area contributed by atoms with Gasteiger partial charge in [0.1, 0.15) is 18.5 Å². The molecule has 16 heavy (non-hydrogen) atoms. The summed E-state index contributed by atoms with van der Waals surface area (Å²) in [6.07, 6.45) is 1.58. The fourth-order valence-corrected chi connectivity index (χ4v) is 1.22. The first-order valence-electron chi connectivity index (χ1n) is 5.76. The van der Waals surface area contributed by atoms with Crippen molar-refractivity contribution in [2.24, 2.45) is 0 Å². The van der Waals surface area contributed by atoms with E-state index >= 15 is 0 Å². The molecule has 0 saturated carbocycles. The van der Waals surface area contributed by atoms with E-state index in [4.69, 9.17) is 9.47 Å². The number of hydrogen-bond donors (Lipinski definition) is 1. The van der Waals surface area contributed by atoms with Gasteiger partial charge in [0, 0.05) is 6.61 Å². The second kappa shape index (κ2) is 8.13. The Morgan fingerprint density at radius 1 is 1.19 bits per heavy atom. The van der Waals surface area contributed by atoms with Crippen molar-refractivity contribution in [3.8, 4) is 5.75 Å². The lowest BCUT2D eigenvalue weighted by Crippen LogP contribution is -2.23. The molecule has 0 spiro atoms.